The van der Waals surface area contributed by atoms with Crippen molar-refractivity contribution in [2.24, 2.45) is 5.73 Å². The van der Waals surface area contributed by atoms with Crippen LogP contribution in [0.4, 0.5) is 0 Å². The number of hydrogen-bond donors (Lipinski definition) is 1. The summed E-state index contributed by atoms with van der Waals surface area (Å²) in [6, 6.07) is 4.62. The second-order valence-electron chi connectivity index (χ2n) is 5.94. The van der Waals surface area contributed by atoms with Crippen LogP contribution in [0.2, 0.25) is 0 Å². The van der Waals surface area contributed by atoms with E-state index < -0.39 is 0 Å². The number of fused-ring (bicyclic) bond motifs is 1. The van der Waals surface area contributed by atoms with E-state index in [4.69, 9.17) is 5.73 Å². The molecule has 0 bridgehead atoms. The third-order valence-corrected chi connectivity index (χ3v) is 4.19. The molecule has 5 nitrogen and oxygen atoms in total. The van der Waals surface area contributed by atoms with E-state index in [9.17, 15) is 0 Å². The molecule has 20 heavy (non-hydrogen) atoms. The Morgan fingerprint density at radius 2 is 2.25 bits per heavy atom. The maximum absolute atomic E-state index is 5.67. The maximum Gasteiger partial charge on any atom is 0.156 e. The lowest BCUT2D eigenvalue weighted by Gasteiger charge is -2.34. The highest BCUT2D eigenvalue weighted by Gasteiger charge is 2.25. The lowest BCUT2D eigenvalue weighted by Crippen LogP contribution is -2.39. The molecule has 1 fully saturated rings. The van der Waals surface area contributed by atoms with Gasteiger partial charge in [0.05, 0.1) is 0 Å². The number of piperidine rings is 1. The first-order valence-corrected chi connectivity index (χ1v) is 7.46. The fourth-order valence-corrected chi connectivity index (χ4v) is 2.92. The number of nitrogens with two attached hydrogens (primary N) is 1. The zero-order valence-electron chi connectivity index (χ0n) is 12.3. The summed E-state index contributed by atoms with van der Waals surface area (Å²) in [5, 5.41) is 4.66. The summed E-state index contributed by atoms with van der Waals surface area (Å²) in [5.41, 5.74) is 7.67. The summed E-state index contributed by atoms with van der Waals surface area (Å²) < 4.78 is 1.87. The van der Waals surface area contributed by atoms with Crippen molar-refractivity contribution in [3.63, 3.8) is 0 Å². The highest BCUT2D eigenvalue weighted by atomic mass is 15.3. The van der Waals surface area contributed by atoms with Crippen LogP contribution >= 0.6 is 0 Å². The zero-order chi connectivity index (χ0) is 14.1. The van der Waals surface area contributed by atoms with Gasteiger partial charge in [-0.15, -0.1) is 0 Å². The number of aromatic nitrogens is 3. The number of likely N-dealkylation sites (tertiary alicyclic amines) is 1. The molecule has 1 saturated heterocycles. The number of rotatable bonds is 3. The smallest absolute Gasteiger partial charge is 0.156 e. The van der Waals surface area contributed by atoms with E-state index in [-0.39, 0.29) is 0 Å². The lowest BCUT2D eigenvalue weighted by molar-refractivity contribution is 0.165. The minimum absolute atomic E-state index is 0.451. The fraction of sp³-hybridized carbons (Fsp3) is 0.600. The molecular formula is C15H23N5. The quantitative estimate of drug-likeness (QED) is 0.926. The molecule has 3 heterocycles. The van der Waals surface area contributed by atoms with E-state index >= 15 is 0 Å². The normalized spacial score (nSPS) is 20.9. The van der Waals surface area contributed by atoms with Gasteiger partial charge in [-0.2, -0.15) is 5.10 Å². The first-order chi connectivity index (χ1) is 9.67. The molecule has 0 aliphatic carbocycles. The van der Waals surface area contributed by atoms with Crippen LogP contribution in [-0.2, 0) is 6.54 Å². The van der Waals surface area contributed by atoms with Gasteiger partial charge in [0.2, 0.25) is 0 Å². The van der Waals surface area contributed by atoms with Crippen molar-refractivity contribution in [1.82, 2.24) is 19.5 Å². The molecule has 2 N–H and O–H groups in total. The summed E-state index contributed by atoms with van der Waals surface area (Å²) in [7, 11) is 0. The van der Waals surface area contributed by atoms with Crippen LogP contribution < -0.4 is 5.73 Å². The summed E-state index contributed by atoms with van der Waals surface area (Å²) >= 11 is 0. The van der Waals surface area contributed by atoms with Gasteiger partial charge in [0.25, 0.3) is 0 Å². The number of hydrogen-bond acceptors (Lipinski definition) is 4. The van der Waals surface area contributed by atoms with Crippen molar-refractivity contribution in [3.05, 3.63) is 29.7 Å². The summed E-state index contributed by atoms with van der Waals surface area (Å²) in [6.07, 6.45) is 4.39. The molecule has 2 aromatic heterocycles. The summed E-state index contributed by atoms with van der Waals surface area (Å²) in [4.78, 5) is 7.21. The molecule has 1 aliphatic heterocycles. The minimum atomic E-state index is 0.451. The second kappa shape index (κ2) is 5.50. The van der Waals surface area contributed by atoms with E-state index in [1.807, 2.05) is 22.8 Å². The monoisotopic (exact) mass is 273 g/mol. The number of nitrogens with zero attached hydrogens (tertiary/aromatic N) is 4. The summed E-state index contributed by atoms with van der Waals surface area (Å²) in [5.74, 6) is 1.43. The molecule has 108 valence electrons. The molecule has 3 rings (SSSR count). The van der Waals surface area contributed by atoms with Crippen LogP contribution in [0.5, 0.6) is 0 Å². The van der Waals surface area contributed by atoms with Crippen molar-refractivity contribution in [3.8, 4) is 0 Å². The Kier molecular flexibility index (Phi) is 3.72. The molecule has 1 aliphatic rings. The molecule has 0 spiro atoms. The summed E-state index contributed by atoms with van der Waals surface area (Å²) in [6.45, 7) is 7.31. The van der Waals surface area contributed by atoms with E-state index in [1.54, 1.807) is 0 Å². The average Bonchev–Trinajstić information content (AvgIpc) is 2.90. The van der Waals surface area contributed by atoms with Gasteiger partial charge in [0.15, 0.2) is 11.5 Å². The van der Waals surface area contributed by atoms with Gasteiger partial charge < -0.3 is 10.6 Å². The third-order valence-electron chi connectivity index (χ3n) is 4.19. The van der Waals surface area contributed by atoms with E-state index in [0.29, 0.717) is 18.5 Å². The van der Waals surface area contributed by atoms with Crippen molar-refractivity contribution in [1.29, 1.82) is 0 Å². The Bertz CT molecular complexity index is 589. The van der Waals surface area contributed by atoms with Crippen molar-refractivity contribution < 1.29 is 0 Å². The minimum Gasteiger partial charge on any atom is -0.326 e. The van der Waals surface area contributed by atoms with Crippen LogP contribution in [0.15, 0.2) is 18.3 Å². The SMILES string of the molecule is CC(C)N1CCCC(c2nc3ccc(CN)cn3n2)C1. The van der Waals surface area contributed by atoms with Gasteiger partial charge in [-0.05, 0) is 44.9 Å². The Hall–Kier alpha value is -1.46. The zero-order valence-corrected chi connectivity index (χ0v) is 12.3. The molecule has 1 unspecified atom stereocenters. The molecule has 5 heteroatoms. The van der Waals surface area contributed by atoms with Crippen LogP contribution in [0.1, 0.15) is 44.0 Å². The van der Waals surface area contributed by atoms with Gasteiger partial charge in [-0.3, -0.25) is 0 Å². The van der Waals surface area contributed by atoms with Crippen LogP contribution in [0.25, 0.3) is 5.65 Å². The largest absolute Gasteiger partial charge is 0.326 e. The Balaban J connectivity index is 1.86. The van der Waals surface area contributed by atoms with Gasteiger partial charge in [0.1, 0.15) is 0 Å². The van der Waals surface area contributed by atoms with Crippen molar-refractivity contribution in [2.75, 3.05) is 13.1 Å². The molecule has 0 radical (unpaired) electrons. The van der Waals surface area contributed by atoms with E-state index in [0.717, 1.165) is 23.6 Å². The van der Waals surface area contributed by atoms with Gasteiger partial charge in [-0.25, -0.2) is 9.50 Å². The standard InChI is InChI=1S/C15H23N5/c1-11(2)19-7-3-4-13(10-19)15-17-14-6-5-12(8-16)9-20(14)18-15/h5-6,9,11,13H,3-4,7-8,10,16H2,1-2H3. The van der Waals surface area contributed by atoms with E-state index in [1.165, 1.54) is 19.4 Å². The predicted octanol–water partition coefficient (Wildman–Crippen LogP) is 1.78. The Labute approximate surface area is 119 Å². The average molecular weight is 273 g/mol. The van der Waals surface area contributed by atoms with E-state index in [2.05, 4.69) is 28.8 Å². The second-order valence-corrected chi connectivity index (χ2v) is 5.94. The van der Waals surface area contributed by atoms with Crippen LogP contribution in [0, 0.1) is 0 Å². The van der Waals surface area contributed by atoms with Crippen molar-refractivity contribution >= 4 is 5.65 Å². The topological polar surface area (TPSA) is 59.5 Å². The third kappa shape index (κ3) is 2.55. The van der Waals surface area contributed by atoms with Crippen LogP contribution in [0.3, 0.4) is 0 Å². The van der Waals surface area contributed by atoms with Gasteiger partial charge >= 0.3 is 0 Å². The maximum atomic E-state index is 5.67. The van der Waals surface area contributed by atoms with Gasteiger partial charge in [-0.1, -0.05) is 6.07 Å². The molecule has 0 aromatic carbocycles. The molecule has 1 atom stereocenters. The first kappa shape index (κ1) is 13.5. The lowest BCUT2D eigenvalue weighted by atomic mass is 9.96. The molecular weight excluding hydrogens is 250 g/mol. The highest BCUT2D eigenvalue weighted by molar-refractivity contribution is 5.39. The molecule has 0 amide bonds. The van der Waals surface area contributed by atoms with Crippen molar-refractivity contribution in [2.45, 2.75) is 45.2 Å². The highest BCUT2D eigenvalue weighted by Crippen LogP contribution is 2.26. The Morgan fingerprint density at radius 1 is 1.40 bits per heavy atom. The predicted molar refractivity (Wildman–Crippen MR) is 79.6 cm³/mol. The first-order valence-electron chi connectivity index (χ1n) is 7.46. The van der Waals surface area contributed by atoms with Gasteiger partial charge in [0, 0.05) is 31.2 Å². The molecule has 2 aromatic rings. The molecule has 0 saturated carbocycles. The fourth-order valence-electron chi connectivity index (χ4n) is 2.92. The van der Waals surface area contributed by atoms with Crippen LogP contribution in [-0.4, -0.2) is 38.6 Å². The number of pyridine rings is 1. The Morgan fingerprint density at radius 3 is 3.00 bits per heavy atom.